The number of hydrogen-bond acceptors (Lipinski definition) is 27. The molecule has 0 amide bonds. The third-order valence-corrected chi connectivity index (χ3v) is 66.2. The monoisotopic (exact) mass is 1410 g/mol. The van der Waals surface area contributed by atoms with Crippen molar-refractivity contribution >= 4 is 139 Å². The Morgan fingerprint density at radius 3 is 1.03 bits per heavy atom. The molecule has 79 heavy (non-hydrogen) atoms. The summed E-state index contributed by atoms with van der Waals surface area (Å²) in [5.74, 6) is 0. The van der Waals surface area contributed by atoms with Gasteiger partial charge in [0.25, 0.3) is 0 Å². The molecule has 0 aliphatic carbocycles. The van der Waals surface area contributed by atoms with E-state index < -0.39 is 139 Å². The SMILES string of the molecule is CCO[Si](CCCN)(OCC)OCC.C[Si](C)(C)O[Si](C)(C)O[Si]1(C)O[Si]2(C)O[Si](C)(C)O[Si](CCCN)(O1)O2.C[Si](C)(O)O[Si](C)(O)O[Si](C)(O)O[Si](C)(C)O.C[Si](C)(O)O[Si]1(C)O[Si]2(C)O[Si](C)(C)O[Si](CCCN)(O1)O2. The van der Waals surface area contributed by atoms with E-state index in [4.69, 9.17) is 96.3 Å². The van der Waals surface area contributed by atoms with E-state index in [2.05, 4.69) is 19.6 Å². The molecule has 4 aliphatic rings. The second kappa shape index (κ2) is 30.3. The van der Waals surface area contributed by atoms with Gasteiger partial charge in [-0.1, -0.05) is 0 Å². The van der Waals surface area contributed by atoms with E-state index in [1.165, 1.54) is 39.3 Å². The van der Waals surface area contributed by atoms with Crippen LogP contribution in [0.4, 0.5) is 0 Å². The van der Waals surface area contributed by atoms with Crippen LogP contribution in [0.3, 0.4) is 0 Å². The molecule has 4 rings (SSSR count). The van der Waals surface area contributed by atoms with Crippen molar-refractivity contribution < 1.29 is 103 Å². The van der Waals surface area contributed by atoms with E-state index in [9.17, 15) is 24.0 Å². The van der Waals surface area contributed by atoms with Crippen LogP contribution in [-0.4, -0.2) is 202 Å². The van der Waals surface area contributed by atoms with Crippen LogP contribution < -0.4 is 17.2 Å². The van der Waals surface area contributed by atoms with Gasteiger partial charge in [-0.15, -0.1) is 0 Å². The number of hydrogen-bond donors (Lipinski definition) is 8. The molecule has 0 aromatic carbocycles. The molecule has 474 valence electrons. The molecule has 4 aliphatic heterocycles. The fraction of sp³-hybridized carbons (Fsp3) is 1.00. The zero-order valence-electron chi connectivity index (χ0n) is 52.2. The summed E-state index contributed by atoms with van der Waals surface area (Å²) in [6.45, 7) is 47.4. The van der Waals surface area contributed by atoms with Crippen LogP contribution in [-0.2, 0) is 79.1 Å². The van der Waals surface area contributed by atoms with Gasteiger partial charge in [-0.25, -0.2) is 0 Å². The Balaban J connectivity index is 0.000000542. The minimum absolute atomic E-state index is 0.534. The maximum atomic E-state index is 10.1. The Kier molecular flexibility index (Phi) is 30.4. The molecule has 11 N–H and O–H groups in total. The summed E-state index contributed by atoms with van der Waals surface area (Å²) in [5, 5.41) is 0. The van der Waals surface area contributed by atoms with E-state index in [1.807, 2.05) is 79.7 Å². The summed E-state index contributed by atoms with van der Waals surface area (Å²) < 4.78 is 113. The predicted molar refractivity (Wildman–Crippen MR) is 334 cm³/mol. The van der Waals surface area contributed by atoms with Crippen molar-refractivity contribution in [3.8, 4) is 0 Å². The summed E-state index contributed by atoms with van der Waals surface area (Å²) >= 11 is 0. The van der Waals surface area contributed by atoms with Gasteiger partial charge in [0.15, 0.2) is 8.32 Å². The van der Waals surface area contributed by atoms with Gasteiger partial charge < -0.3 is 120 Å². The highest BCUT2D eigenvalue weighted by molar-refractivity contribution is 6.99. The zero-order valence-corrected chi connectivity index (χ0v) is 68.2. The van der Waals surface area contributed by atoms with Gasteiger partial charge in [0.2, 0.25) is 0 Å². The molecule has 4 heterocycles. The number of fused-ring (bicyclic) bond motifs is 4. The molecule has 8 atom stereocenters. The van der Waals surface area contributed by atoms with Gasteiger partial charge in [-0.05, 0) is 158 Å². The Labute approximate surface area is 491 Å². The maximum absolute atomic E-state index is 10.1. The van der Waals surface area contributed by atoms with Crippen molar-refractivity contribution in [2.24, 2.45) is 17.2 Å². The summed E-state index contributed by atoms with van der Waals surface area (Å²) in [7, 11) is -45.2. The minimum atomic E-state index is -3.66. The maximum Gasteiger partial charge on any atom is 0.500 e. The van der Waals surface area contributed by atoms with Crippen molar-refractivity contribution in [1.82, 2.24) is 0 Å². The molecular formula is C36H107N3O24Si16. The first-order chi connectivity index (χ1) is 35.2. The molecule has 0 spiro atoms. The van der Waals surface area contributed by atoms with Crippen LogP contribution in [0, 0.1) is 0 Å². The number of rotatable bonds is 27. The van der Waals surface area contributed by atoms with E-state index in [-0.39, 0.29) is 0 Å². The van der Waals surface area contributed by atoms with E-state index in [0.29, 0.717) is 51.5 Å². The van der Waals surface area contributed by atoms with Crippen molar-refractivity contribution in [3.63, 3.8) is 0 Å². The largest absolute Gasteiger partial charge is 0.500 e. The van der Waals surface area contributed by atoms with E-state index in [0.717, 1.165) is 25.3 Å². The molecule has 4 fully saturated rings. The van der Waals surface area contributed by atoms with Crippen LogP contribution in [0.2, 0.25) is 156 Å². The highest BCUT2D eigenvalue weighted by atomic mass is 28.6. The second-order valence-electron chi connectivity index (χ2n) is 23.6. The topological polar surface area (TPSA) is 355 Å². The molecule has 4 bridgehead atoms. The molecule has 4 saturated heterocycles. The van der Waals surface area contributed by atoms with Crippen molar-refractivity contribution in [2.75, 3.05) is 39.5 Å². The molecule has 0 aromatic rings. The first-order valence-electron chi connectivity index (χ1n) is 27.0. The van der Waals surface area contributed by atoms with E-state index in [1.54, 1.807) is 19.6 Å². The van der Waals surface area contributed by atoms with Crippen LogP contribution in [0.25, 0.3) is 0 Å². The zero-order chi connectivity index (χ0) is 61.9. The highest BCUT2D eigenvalue weighted by Crippen LogP contribution is 2.45. The normalized spacial score (nSPS) is 30.5. The van der Waals surface area contributed by atoms with Gasteiger partial charge in [0, 0.05) is 77.2 Å². The third kappa shape index (κ3) is 31.4. The lowest BCUT2D eigenvalue weighted by Crippen LogP contribution is -2.79. The van der Waals surface area contributed by atoms with Crippen molar-refractivity contribution in [3.05, 3.63) is 0 Å². The third-order valence-electron chi connectivity index (χ3n) is 9.60. The molecule has 0 radical (unpaired) electrons. The predicted octanol–water partition coefficient (Wildman–Crippen LogP) is 4.66. The standard InChI is InChI=1S/C12H35NO7Si6.C9H27NO7Si5.C9H23NO3Si.C6H22O7Si4/c1-21(2,3)14-22(4,5)15-24(8)18-25(9)16-23(6,7)17-26(19-24,20-25)12-10-11-13;1-18(2,11)12-20(5)15-21(6)13-19(3,4)14-22(16-20,17-21)9-7-8-10;1-4-11-14(12-5-2,13-6-3)9-7-8-10;1-14(2,7)11-16(5,9)13-17(6,10)12-15(3,4)8/h10-13H2,1-9H3;11H,7-10H2,1-6H3;4-10H2,1-3H3;7-10H,1-6H3. The van der Waals surface area contributed by atoms with Gasteiger partial charge in [0.05, 0.1) is 0 Å². The average molecular weight is 1420 g/mol. The molecule has 27 nitrogen and oxygen atoms in total. The van der Waals surface area contributed by atoms with Gasteiger partial charge in [0.1, 0.15) is 0 Å². The second-order valence-corrected chi connectivity index (χ2v) is 74.9. The summed E-state index contributed by atoms with van der Waals surface area (Å²) in [4.78, 5) is 49.0. The first-order valence-corrected chi connectivity index (χ1v) is 66.7. The van der Waals surface area contributed by atoms with Crippen LogP contribution in [0.1, 0.15) is 40.0 Å². The Hall–Kier alpha value is 2.39. The van der Waals surface area contributed by atoms with Crippen molar-refractivity contribution in [1.29, 1.82) is 0 Å². The Morgan fingerprint density at radius 1 is 0.392 bits per heavy atom. The lowest BCUT2D eigenvalue weighted by molar-refractivity contribution is 0.0415. The molecular weight excluding hydrogens is 1310 g/mol. The quantitative estimate of drug-likeness (QED) is 0.0519. The first kappa shape index (κ1) is 79.4. The van der Waals surface area contributed by atoms with E-state index >= 15 is 0 Å². The lowest BCUT2D eigenvalue weighted by atomic mass is 10.5. The Morgan fingerprint density at radius 2 is 0.734 bits per heavy atom. The fourth-order valence-electron chi connectivity index (χ4n) is 9.10. The average Bonchev–Trinajstić information content (AvgIpc) is 3.12. The lowest BCUT2D eigenvalue weighted by Gasteiger charge is -2.56. The van der Waals surface area contributed by atoms with Crippen molar-refractivity contribution in [2.45, 2.75) is 196 Å². The molecule has 0 saturated carbocycles. The summed E-state index contributed by atoms with van der Waals surface area (Å²) in [6.07, 6.45) is 2.41. The van der Waals surface area contributed by atoms with Crippen LogP contribution >= 0.6 is 0 Å². The van der Waals surface area contributed by atoms with Crippen LogP contribution in [0.15, 0.2) is 0 Å². The molecule has 0 aromatic heterocycles. The summed E-state index contributed by atoms with van der Waals surface area (Å²) in [5.41, 5.74) is 16.9. The molecule has 43 heteroatoms. The smallest absolute Gasteiger partial charge is 0.437 e. The van der Waals surface area contributed by atoms with Crippen LogP contribution in [0.5, 0.6) is 0 Å². The minimum Gasteiger partial charge on any atom is -0.437 e. The molecule has 8 unspecified atom stereocenters. The summed E-state index contributed by atoms with van der Waals surface area (Å²) in [6, 6.07) is 2.10. The van der Waals surface area contributed by atoms with Gasteiger partial charge >= 0.3 is 131 Å². The highest BCUT2D eigenvalue weighted by Gasteiger charge is 2.72. The fourth-order valence-corrected chi connectivity index (χ4v) is 78.8. The Bertz CT molecular complexity index is 1800. The van der Waals surface area contributed by atoms with Gasteiger partial charge in [-0.3, -0.25) is 0 Å². The van der Waals surface area contributed by atoms with Gasteiger partial charge in [-0.2, -0.15) is 0 Å². The number of nitrogens with two attached hydrogens (primary N) is 3.